The summed E-state index contributed by atoms with van der Waals surface area (Å²) in [6, 6.07) is 7.05. The Labute approximate surface area is 143 Å². The average Bonchev–Trinajstić information content (AvgIpc) is 2.31. The third-order valence-electron chi connectivity index (χ3n) is 2.71. The van der Waals surface area contributed by atoms with Gasteiger partial charge in [-0.3, -0.25) is 4.90 Å². The number of ether oxygens (including phenoxy) is 1. The number of benzene rings is 1. The molecule has 0 amide bonds. The van der Waals surface area contributed by atoms with Crippen molar-refractivity contribution in [1.29, 1.82) is 0 Å². The SMILES string of the molecule is O=C(O)c1ccc(CN2CCOCC2)cc1.[K]. The van der Waals surface area contributed by atoms with Crippen molar-refractivity contribution in [3.8, 4) is 0 Å². The van der Waals surface area contributed by atoms with Gasteiger partial charge in [0.25, 0.3) is 0 Å². The molecule has 0 aromatic heterocycles. The number of aromatic carboxylic acids is 1. The number of hydrogen-bond acceptors (Lipinski definition) is 3. The summed E-state index contributed by atoms with van der Waals surface area (Å²) in [7, 11) is 0. The molecule has 1 radical (unpaired) electrons. The molecule has 0 saturated carbocycles. The Morgan fingerprint density at radius 2 is 1.82 bits per heavy atom. The molecule has 2 rings (SSSR count). The summed E-state index contributed by atoms with van der Waals surface area (Å²) >= 11 is 0. The Kier molecular flexibility index (Phi) is 6.87. The normalized spacial score (nSPS) is 16.2. The van der Waals surface area contributed by atoms with E-state index in [2.05, 4.69) is 4.90 Å². The second kappa shape index (κ2) is 7.63. The van der Waals surface area contributed by atoms with Gasteiger partial charge in [0, 0.05) is 71.0 Å². The van der Waals surface area contributed by atoms with E-state index in [9.17, 15) is 4.79 Å². The van der Waals surface area contributed by atoms with Crippen molar-refractivity contribution < 1.29 is 14.6 Å². The minimum atomic E-state index is -0.877. The van der Waals surface area contributed by atoms with Crippen LogP contribution in [0.3, 0.4) is 0 Å². The quantitative estimate of drug-likeness (QED) is 0.818. The van der Waals surface area contributed by atoms with Crippen molar-refractivity contribution in [3.63, 3.8) is 0 Å². The van der Waals surface area contributed by atoms with Crippen LogP contribution in [0.1, 0.15) is 15.9 Å². The fourth-order valence-electron chi connectivity index (χ4n) is 1.77. The van der Waals surface area contributed by atoms with Gasteiger partial charge in [-0.2, -0.15) is 0 Å². The summed E-state index contributed by atoms with van der Waals surface area (Å²) in [6.07, 6.45) is 0. The van der Waals surface area contributed by atoms with Gasteiger partial charge < -0.3 is 9.84 Å². The van der Waals surface area contributed by atoms with Gasteiger partial charge >= 0.3 is 5.97 Å². The number of rotatable bonds is 3. The number of morpholine rings is 1. The van der Waals surface area contributed by atoms with Gasteiger partial charge in [0.05, 0.1) is 18.8 Å². The zero-order chi connectivity index (χ0) is 11.4. The van der Waals surface area contributed by atoms with Crippen LogP contribution in [-0.4, -0.2) is 93.7 Å². The van der Waals surface area contributed by atoms with Crippen molar-refractivity contribution in [2.24, 2.45) is 0 Å². The van der Waals surface area contributed by atoms with Gasteiger partial charge in [0.2, 0.25) is 0 Å². The molecule has 1 N–H and O–H groups in total. The van der Waals surface area contributed by atoms with Crippen molar-refractivity contribution in [3.05, 3.63) is 35.4 Å². The number of hydrogen-bond donors (Lipinski definition) is 1. The third-order valence-corrected chi connectivity index (χ3v) is 2.71. The first-order valence-electron chi connectivity index (χ1n) is 5.38. The molecule has 1 saturated heterocycles. The van der Waals surface area contributed by atoms with Crippen molar-refractivity contribution in [1.82, 2.24) is 4.90 Å². The minimum absolute atomic E-state index is 0. The van der Waals surface area contributed by atoms with Crippen molar-refractivity contribution >= 4 is 57.4 Å². The molecular formula is C12H15KNO3. The summed E-state index contributed by atoms with van der Waals surface area (Å²) in [6.45, 7) is 4.32. The van der Waals surface area contributed by atoms with Crippen LogP contribution in [-0.2, 0) is 11.3 Å². The molecule has 0 spiro atoms. The predicted octanol–water partition coefficient (Wildman–Crippen LogP) is 0.836. The molecule has 0 unspecified atom stereocenters. The number of nitrogens with zero attached hydrogens (tertiary/aromatic N) is 1. The topological polar surface area (TPSA) is 49.8 Å². The Morgan fingerprint density at radius 3 is 2.35 bits per heavy atom. The Hall–Kier alpha value is 0.246. The van der Waals surface area contributed by atoms with Gasteiger partial charge in [-0.05, 0) is 17.7 Å². The van der Waals surface area contributed by atoms with E-state index in [4.69, 9.17) is 9.84 Å². The number of carbonyl (C=O) groups is 1. The maximum absolute atomic E-state index is 10.7. The van der Waals surface area contributed by atoms with Crippen LogP contribution in [0.25, 0.3) is 0 Å². The first-order chi connectivity index (χ1) is 7.75. The Morgan fingerprint density at radius 1 is 1.24 bits per heavy atom. The molecule has 17 heavy (non-hydrogen) atoms. The minimum Gasteiger partial charge on any atom is -0.478 e. The molecule has 1 aliphatic rings. The number of carboxylic acid groups (broad SMARTS) is 1. The molecule has 1 aromatic rings. The molecule has 0 atom stereocenters. The molecule has 1 aromatic carbocycles. The van der Waals surface area contributed by atoms with Crippen LogP contribution < -0.4 is 0 Å². The first kappa shape index (κ1) is 15.3. The summed E-state index contributed by atoms with van der Waals surface area (Å²) in [4.78, 5) is 13.0. The van der Waals surface area contributed by atoms with E-state index in [-0.39, 0.29) is 51.4 Å². The van der Waals surface area contributed by atoms with Gasteiger partial charge in [-0.1, -0.05) is 12.1 Å². The van der Waals surface area contributed by atoms with E-state index >= 15 is 0 Å². The van der Waals surface area contributed by atoms with Crippen LogP contribution in [0.2, 0.25) is 0 Å². The van der Waals surface area contributed by atoms with Gasteiger partial charge in [0.1, 0.15) is 0 Å². The predicted molar refractivity (Wildman–Crippen MR) is 65.3 cm³/mol. The van der Waals surface area contributed by atoms with E-state index in [0.29, 0.717) is 5.56 Å². The first-order valence-corrected chi connectivity index (χ1v) is 5.38. The standard InChI is InChI=1S/C12H15NO3.K/c14-12(15)11-3-1-10(2-4-11)9-13-5-7-16-8-6-13;/h1-4H,5-9H2,(H,14,15);. The van der Waals surface area contributed by atoms with Crippen LogP contribution in [0.4, 0.5) is 0 Å². The molecule has 1 aliphatic heterocycles. The average molecular weight is 260 g/mol. The molecule has 0 aliphatic carbocycles. The number of carboxylic acids is 1. The smallest absolute Gasteiger partial charge is 0.335 e. The van der Waals surface area contributed by atoms with Gasteiger partial charge in [-0.15, -0.1) is 0 Å². The second-order valence-electron chi connectivity index (χ2n) is 3.89. The maximum Gasteiger partial charge on any atom is 0.335 e. The van der Waals surface area contributed by atoms with Crippen molar-refractivity contribution in [2.75, 3.05) is 26.3 Å². The fraction of sp³-hybridized carbons (Fsp3) is 0.417. The maximum atomic E-state index is 10.7. The molecule has 5 heteroatoms. The molecule has 4 nitrogen and oxygen atoms in total. The zero-order valence-corrected chi connectivity index (χ0v) is 13.2. The van der Waals surface area contributed by atoms with Gasteiger partial charge in [-0.25, -0.2) is 4.79 Å². The van der Waals surface area contributed by atoms with E-state index in [1.165, 1.54) is 0 Å². The fourth-order valence-corrected chi connectivity index (χ4v) is 1.77. The summed E-state index contributed by atoms with van der Waals surface area (Å²) in [5, 5.41) is 8.77. The summed E-state index contributed by atoms with van der Waals surface area (Å²) in [5.41, 5.74) is 1.48. The van der Waals surface area contributed by atoms with Crippen LogP contribution in [0, 0.1) is 0 Å². The molecule has 87 valence electrons. The largest absolute Gasteiger partial charge is 0.478 e. The zero-order valence-electron chi connectivity index (χ0n) is 10.1. The Bertz CT molecular complexity index is 361. The third kappa shape index (κ3) is 4.79. The summed E-state index contributed by atoms with van der Waals surface area (Å²) < 4.78 is 5.27. The van der Waals surface area contributed by atoms with Crippen LogP contribution in [0.5, 0.6) is 0 Å². The second-order valence-corrected chi connectivity index (χ2v) is 3.89. The van der Waals surface area contributed by atoms with E-state index in [0.717, 1.165) is 38.4 Å². The van der Waals surface area contributed by atoms with E-state index in [1.807, 2.05) is 12.1 Å². The molecule has 0 bridgehead atoms. The molecule has 1 fully saturated rings. The summed E-state index contributed by atoms with van der Waals surface area (Å²) in [5.74, 6) is -0.877. The van der Waals surface area contributed by atoms with Crippen LogP contribution in [0.15, 0.2) is 24.3 Å². The molecule has 1 heterocycles. The monoisotopic (exact) mass is 260 g/mol. The Balaban J connectivity index is 0.00000144. The van der Waals surface area contributed by atoms with E-state index < -0.39 is 5.97 Å². The molecular weight excluding hydrogens is 245 g/mol. The van der Waals surface area contributed by atoms with Crippen molar-refractivity contribution in [2.45, 2.75) is 6.54 Å². The van der Waals surface area contributed by atoms with Gasteiger partial charge in [0.15, 0.2) is 0 Å². The van der Waals surface area contributed by atoms with E-state index in [1.54, 1.807) is 12.1 Å². The van der Waals surface area contributed by atoms with Crippen LogP contribution >= 0.6 is 0 Å².